The summed E-state index contributed by atoms with van der Waals surface area (Å²) in [5.41, 5.74) is -0.0424. The number of nitro groups is 1. The van der Waals surface area contributed by atoms with Crippen molar-refractivity contribution in [3.8, 4) is 0 Å². The zero-order chi connectivity index (χ0) is 8.43. The molecule has 0 spiro atoms. The van der Waals surface area contributed by atoms with Crippen molar-refractivity contribution in [3.05, 3.63) is 28.3 Å². The number of nitrogens with zero attached hydrogens (tertiary/aromatic N) is 1. The normalized spacial score (nSPS) is 9.64. The van der Waals surface area contributed by atoms with E-state index in [9.17, 15) is 10.1 Å². The van der Waals surface area contributed by atoms with Gasteiger partial charge in [0.2, 0.25) is 0 Å². The van der Waals surface area contributed by atoms with Gasteiger partial charge in [0.05, 0.1) is 14.7 Å². The predicted molar refractivity (Wildman–Crippen MR) is 47.6 cm³/mol. The Balaban J connectivity index is 3.32. The summed E-state index contributed by atoms with van der Waals surface area (Å²) in [5, 5.41) is 10.4. The molecule has 58 valence electrons. The number of hydrogen-bond donors (Lipinski definition) is 2. The minimum atomic E-state index is -0.495. The average Bonchev–Trinajstić information content (AvgIpc) is 1.85. The topological polar surface area (TPSA) is 43.1 Å². The molecule has 5 heteroatoms. The van der Waals surface area contributed by atoms with Crippen LogP contribution in [-0.4, -0.2) is 4.92 Å². The van der Waals surface area contributed by atoms with E-state index in [0.29, 0.717) is 9.79 Å². The molecule has 0 fully saturated rings. The fraction of sp³-hybridized carbons (Fsp3) is 0. The lowest BCUT2D eigenvalue weighted by atomic mass is 10.3. The zero-order valence-corrected chi connectivity index (χ0v) is 7.18. The number of para-hydroxylation sites is 1. The minimum absolute atomic E-state index is 0.0424. The molecular weight excluding hydrogens is 182 g/mol. The molecule has 11 heavy (non-hydrogen) atoms. The zero-order valence-electron chi connectivity index (χ0n) is 5.39. The molecule has 3 nitrogen and oxygen atoms in total. The van der Waals surface area contributed by atoms with Crippen LogP contribution in [0.3, 0.4) is 0 Å². The lowest BCUT2D eigenvalue weighted by Crippen LogP contribution is -1.90. The molecule has 0 aliphatic heterocycles. The molecule has 0 N–H and O–H groups in total. The van der Waals surface area contributed by atoms with Gasteiger partial charge in [-0.05, 0) is 12.1 Å². The van der Waals surface area contributed by atoms with Gasteiger partial charge in [-0.2, -0.15) is 0 Å². The molecule has 0 amide bonds. The van der Waals surface area contributed by atoms with Crippen LogP contribution in [0.15, 0.2) is 28.0 Å². The van der Waals surface area contributed by atoms with Gasteiger partial charge in [-0.15, -0.1) is 25.3 Å². The Morgan fingerprint density at radius 3 is 2.00 bits per heavy atom. The van der Waals surface area contributed by atoms with Crippen LogP contribution in [0.1, 0.15) is 0 Å². The Morgan fingerprint density at radius 1 is 1.27 bits per heavy atom. The first kappa shape index (κ1) is 8.42. The van der Waals surface area contributed by atoms with Crippen LogP contribution < -0.4 is 0 Å². The third kappa shape index (κ3) is 1.66. The fourth-order valence-corrected chi connectivity index (χ4v) is 1.37. The maximum Gasteiger partial charge on any atom is 0.295 e. The first-order chi connectivity index (χ1) is 5.13. The molecule has 0 aromatic heterocycles. The van der Waals surface area contributed by atoms with Gasteiger partial charge in [0, 0.05) is 0 Å². The quantitative estimate of drug-likeness (QED) is 0.402. The number of benzene rings is 1. The molecule has 1 rings (SSSR count). The smallest absolute Gasteiger partial charge is 0.258 e. The Morgan fingerprint density at radius 2 is 1.73 bits per heavy atom. The number of hydrogen-bond acceptors (Lipinski definition) is 4. The van der Waals surface area contributed by atoms with E-state index in [1.165, 1.54) is 0 Å². The van der Waals surface area contributed by atoms with Gasteiger partial charge in [0.15, 0.2) is 0 Å². The SMILES string of the molecule is O=[N+]([O-])c1c(S)cccc1S. The largest absolute Gasteiger partial charge is 0.295 e. The van der Waals surface area contributed by atoms with E-state index in [1.807, 2.05) is 0 Å². The van der Waals surface area contributed by atoms with Gasteiger partial charge in [-0.1, -0.05) is 6.07 Å². The van der Waals surface area contributed by atoms with E-state index >= 15 is 0 Å². The number of rotatable bonds is 1. The van der Waals surface area contributed by atoms with Gasteiger partial charge in [0.25, 0.3) is 5.69 Å². The van der Waals surface area contributed by atoms with Crippen LogP contribution in [0, 0.1) is 10.1 Å². The van der Waals surface area contributed by atoms with Crippen LogP contribution in [0.4, 0.5) is 5.69 Å². The predicted octanol–water partition coefficient (Wildman–Crippen LogP) is 2.17. The molecule has 1 aromatic carbocycles. The second-order valence-electron chi connectivity index (χ2n) is 1.90. The van der Waals surface area contributed by atoms with Crippen molar-refractivity contribution in [2.24, 2.45) is 0 Å². The van der Waals surface area contributed by atoms with Crippen molar-refractivity contribution in [3.63, 3.8) is 0 Å². The molecular formula is C6H5NO2S2. The maximum absolute atomic E-state index is 10.4. The summed E-state index contributed by atoms with van der Waals surface area (Å²) in [6.45, 7) is 0. The van der Waals surface area contributed by atoms with Crippen LogP contribution >= 0.6 is 25.3 Å². The van der Waals surface area contributed by atoms with Crippen molar-refractivity contribution in [2.75, 3.05) is 0 Å². The van der Waals surface area contributed by atoms with Gasteiger partial charge in [-0.3, -0.25) is 10.1 Å². The van der Waals surface area contributed by atoms with Gasteiger partial charge in [0.1, 0.15) is 0 Å². The highest BCUT2D eigenvalue weighted by atomic mass is 32.1. The van der Waals surface area contributed by atoms with E-state index in [2.05, 4.69) is 25.3 Å². The van der Waals surface area contributed by atoms with Gasteiger partial charge >= 0.3 is 0 Å². The summed E-state index contributed by atoms with van der Waals surface area (Å²) in [6.07, 6.45) is 0. The Kier molecular flexibility index (Phi) is 2.41. The van der Waals surface area contributed by atoms with E-state index in [-0.39, 0.29) is 5.69 Å². The monoisotopic (exact) mass is 187 g/mol. The van der Waals surface area contributed by atoms with Crippen LogP contribution in [0.2, 0.25) is 0 Å². The Hall–Kier alpha value is -0.680. The summed E-state index contributed by atoms with van der Waals surface area (Å²) in [7, 11) is 0. The molecule has 1 aromatic rings. The lowest BCUT2D eigenvalue weighted by molar-refractivity contribution is -0.390. The highest BCUT2D eigenvalue weighted by Crippen LogP contribution is 2.28. The fourth-order valence-electron chi connectivity index (χ4n) is 0.707. The molecule has 0 bridgehead atoms. The highest BCUT2D eigenvalue weighted by Gasteiger charge is 2.13. The van der Waals surface area contributed by atoms with E-state index in [0.717, 1.165) is 0 Å². The van der Waals surface area contributed by atoms with E-state index in [4.69, 9.17) is 0 Å². The summed E-state index contributed by atoms with van der Waals surface area (Å²) in [6, 6.07) is 4.78. The molecule has 0 saturated heterocycles. The van der Waals surface area contributed by atoms with Crippen molar-refractivity contribution < 1.29 is 4.92 Å². The number of thiol groups is 2. The second-order valence-corrected chi connectivity index (χ2v) is 2.87. The summed E-state index contributed by atoms with van der Waals surface area (Å²) >= 11 is 7.83. The van der Waals surface area contributed by atoms with Crippen LogP contribution in [0.5, 0.6) is 0 Å². The van der Waals surface area contributed by atoms with E-state index < -0.39 is 4.92 Å². The van der Waals surface area contributed by atoms with Crippen molar-refractivity contribution in [1.29, 1.82) is 0 Å². The summed E-state index contributed by atoms with van der Waals surface area (Å²) in [4.78, 5) is 10.5. The van der Waals surface area contributed by atoms with Crippen LogP contribution in [0.25, 0.3) is 0 Å². The molecule has 0 radical (unpaired) electrons. The second kappa shape index (κ2) is 3.15. The first-order valence-corrected chi connectivity index (χ1v) is 3.67. The van der Waals surface area contributed by atoms with Crippen molar-refractivity contribution in [2.45, 2.75) is 9.79 Å². The highest BCUT2D eigenvalue weighted by molar-refractivity contribution is 7.81. The Labute approximate surface area is 74.4 Å². The third-order valence-electron chi connectivity index (χ3n) is 1.18. The summed E-state index contributed by atoms with van der Waals surface area (Å²) < 4.78 is 0. The van der Waals surface area contributed by atoms with Crippen LogP contribution in [-0.2, 0) is 0 Å². The number of nitro benzene ring substituents is 1. The molecule has 0 atom stereocenters. The maximum atomic E-state index is 10.4. The third-order valence-corrected chi connectivity index (χ3v) is 1.90. The molecule has 0 aliphatic rings. The van der Waals surface area contributed by atoms with Crippen molar-refractivity contribution in [1.82, 2.24) is 0 Å². The molecule has 0 heterocycles. The average molecular weight is 187 g/mol. The first-order valence-electron chi connectivity index (χ1n) is 2.78. The van der Waals surface area contributed by atoms with Crippen molar-refractivity contribution >= 4 is 30.9 Å². The lowest BCUT2D eigenvalue weighted by Gasteiger charge is -1.96. The molecule has 0 aliphatic carbocycles. The minimum Gasteiger partial charge on any atom is -0.258 e. The van der Waals surface area contributed by atoms with E-state index in [1.54, 1.807) is 18.2 Å². The Bertz CT molecular complexity index is 280. The van der Waals surface area contributed by atoms with Gasteiger partial charge < -0.3 is 0 Å². The summed E-state index contributed by atoms with van der Waals surface area (Å²) in [5.74, 6) is 0. The standard InChI is InChI=1S/C6H5NO2S2/c8-7(9)6-4(10)2-1-3-5(6)11/h1-3,10-11H. The molecule has 0 saturated carbocycles. The molecule has 0 unspecified atom stereocenters. The van der Waals surface area contributed by atoms with Gasteiger partial charge in [-0.25, -0.2) is 0 Å².